The summed E-state index contributed by atoms with van der Waals surface area (Å²) in [5.41, 5.74) is 3.14. The second-order valence-electron chi connectivity index (χ2n) is 5.43. The molecule has 0 atom stereocenters. The van der Waals surface area contributed by atoms with E-state index in [1.165, 1.54) is 11.1 Å². The van der Waals surface area contributed by atoms with Crippen LogP contribution < -0.4 is 0 Å². The van der Waals surface area contributed by atoms with Gasteiger partial charge in [0.05, 0.1) is 15.6 Å². The number of hydrogen-bond donors (Lipinski definition) is 0. The molecule has 1 aliphatic rings. The molecular weight excluding hydrogens is 335 g/mol. The molecule has 118 valence electrons. The average molecular weight is 349 g/mol. The fourth-order valence-electron chi connectivity index (χ4n) is 2.72. The highest BCUT2D eigenvalue weighted by atomic mass is 35.5. The second-order valence-corrected chi connectivity index (χ2v) is 6.25. The van der Waals surface area contributed by atoms with Gasteiger partial charge < -0.3 is 4.74 Å². The van der Waals surface area contributed by atoms with Gasteiger partial charge in [0.15, 0.2) is 12.4 Å². The van der Waals surface area contributed by atoms with Gasteiger partial charge in [0.2, 0.25) is 0 Å². The van der Waals surface area contributed by atoms with Crippen molar-refractivity contribution in [2.45, 2.75) is 19.3 Å². The molecule has 0 spiro atoms. The Bertz CT molecular complexity index is 764. The molecule has 5 heteroatoms. The van der Waals surface area contributed by atoms with Crippen LogP contribution in [0.5, 0.6) is 0 Å². The molecule has 3 rings (SSSR count). The first kappa shape index (κ1) is 16.0. The average Bonchev–Trinajstić information content (AvgIpc) is 3.00. The van der Waals surface area contributed by atoms with E-state index < -0.39 is 5.97 Å². The highest BCUT2D eigenvalue weighted by Gasteiger charge is 2.19. The Morgan fingerprint density at radius 3 is 2.43 bits per heavy atom. The Labute approximate surface area is 144 Å². The number of hydrogen-bond acceptors (Lipinski definition) is 3. The van der Waals surface area contributed by atoms with Gasteiger partial charge in [0.25, 0.3) is 0 Å². The number of benzene rings is 2. The summed E-state index contributed by atoms with van der Waals surface area (Å²) in [7, 11) is 0. The van der Waals surface area contributed by atoms with Crippen LogP contribution in [-0.4, -0.2) is 18.4 Å². The Balaban J connectivity index is 1.68. The molecule has 1 aliphatic carbocycles. The van der Waals surface area contributed by atoms with Crippen molar-refractivity contribution in [1.82, 2.24) is 0 Å². The van der Waals surface area contributed by atoms with Crippen molar-refractivity contribution < 1.29 is 14.3 Å². The van der Waals surface area contributed by atoms with Crippen LogP contribution >= 0.6 is 23.2 Å². The summed E-state index contributed by atoms with van der Waals surface area (Å²) in [4.78, 5) is 24.3. The third-order valence-corrected chi connectivity index (χ3v) is 4.55. The predicted octanol–water partition coefficient (Wildman–Crippen LogP) is 4.52. The molecule has 3 nitrogen and oxygen atoms in total. The van der Waals surface area contributed by atoms with E-state index in [-0.39, 0.29) is 28.0 Å². The fourth-order valence-corrected chi connectivity index (χ4v) is 3.28. The van der Waals surface area contributed by atoms with Gasteiger partial charge in [-0.25, -0.2) is 4.79 Å². The van der Waals surface area contributed by atoms with E-state index in [9.17, 15) is 9.59 Å². The molecule has 2 aromatic rings. The number of halogens is 2. The summed E-state index contributed by atoms with van der Waals surface area (Å²) in [6.45, 7) is -0.334. The summed E-state index contributed by atoms with van der Waals surface area (Å²) < 4.78 is 5.07. The Morgan fingerprint density at radius 2 is 1.70 bits per heavy atom. The number of ketones is 1. The number of ether oxygens (including phenoxy) is 1. The monoisotopic (exact) mass is 348 g/mol. The SMILES string of the molecule is O=C(COC(=O)c1c(Cl)cccc1Cl)c1ccc2c(c1)CCC2. The largest absolute Gasteiger partial charge is 0.454 e. The van der Waals surface area contributed by atoms with Gasteiger partial charge in [-0.15, -0.1) is 0 Å². The molecule has 0 heterocycles. The molecule has 0 amide bonds. The van der Waals surface area contributed by atoms with Crippen LogP contribution in [0.4, 0.5) is 0 Å². The van der Waals surface area contributed by atoms with E-state index in [1.807, 2.05) is 12.1 Å². The van der Waals surface area contributed by atoms with Gasteiger partial charge in [-0.3, -0.25) is 4.79 Å². The normalized spacial score (nSPS) is 12.8. The quantitative estimate of drug-likeness (QED) is 0.602. The highest BCUT2D eigenvalue weighted by Crippen LogP contribution is 2.25. The standard InChI is InChI=1S/C18H14Cl2O3/c19-14-5-2-6-15(20)17(14)18(22)23-10-16(21)13-8-7-11-3-1-4-12(11)9-13/h2,5-9H,1,3-4,10H2. The van der Waals surface area contributed by atoms with Gasteiger partial charge in [-0.05, 0) is 48.6 Å². The Hall–Kier alpha value is -1.84. The number of esters is 1. The molecule has 0 unspecified atom stereocenters. The minimum absolute atomic E-state index is 0.0811. The fraction of sp³-hybridized carbons (Fsp3) is 0.222. The number of carbonyl (C=O) groups is 2. The van der Waals surface area contributed by atoms with E-state index in [2.05, 4.69) is 0 Å². The maximum Gasteiger partial charge on any atom is 0.341 e. The number of carbonyl (C=O) groups excluding carboxylic acids is 2. The van der Waals surface area contributed by atoms with E-state index in [0.29, 0.717) is 5.56 Å². The first-order valence-electron chi connectivity index (χ1n) is 7.32. The van der Waals surface area contributed by atoms with Gasteiger partial charge in [-0.1, -0.05) is 41.4 Å². The lowest BCUT2D eigenvalue weighted by Gasteiger charge is -2.08. The van der Waals surface area contributed by atoms with Crippen molar-refractivity contribution in [3.05, 3.63) is 68.7 Å². The molecule has 0 fully saturated rings. The molecule has 0 N–H and O–H groups in total. The van der Waals surface area contributed by atoms with Crippen LogP contribution in [0.1, 0.15) is 38.3 Å². The lowest BCUT2D eigenvalue weighted by molar-refractivity contribution is 0.0475. The van der Waals surface area contributed by atoms with Gasteiger partial charge >= 0.3 is 5.97 Å². The van der Waals surface area contributed by atoms with E-state index in [4.69, 9.17) is 27.9 Å². The Kier molecular flexibility index (Phi) is 4.69. The van der Waals surface area contributed by atoms with Crippen molar-refractivity contribution >= 4 is 35.0 Å². The molecule has 2 aromatic carbocycles. The van der Waals surface area contributed by atoms with Crippen LogP contribution in [0.3, 0.4) is 0 Å². The van der Waals surface area contributed by atoms with E-state index in [1.54, 1.807) is 24.3 Å². The van der Waals surface area contributed by atoms with Crippen LogP contribution in [0.2, 0.25) is 10.0 Å². The van der Waals surface area contributed by atoms with E-state index >= 15 is 0 Å². The number of Topliss-reactive ketones (excluding diaryl/α,β-unsaturated/α-hetero) is 1. The van der Waals surface area contributed by atoms with Crippen LogP contribution in [-0.2, 0) is 17.6 Å². The van der Waals surface area contributed by atoms with Crippen LogP contribution in [0.25, 0.3) is 0 Å². The summed E-state index contributed by atoms with van der Waals surface area (Å²) in [5.74, 6) is -0.939. The number of aryl methyl sites for hydroxylation is 2. The third kappa shape index (κ3) is 3.41. The second kappa shape index (κ2) is 6.73. The van der Waals surface area contributed by atoms with Crippen LogP contribution in [0, 0.1) is 0 Å². The predicted molar refractivity (Wildman–Crippen MR) is 89.5 cm³/mol. The minimum atomic E-state index is -0.699. The first-order chi connectivity index (χ1) is 11.1. The molecule has 0 saturated carbocycles. The topological polar surface area (TPSA) is 43.4 Å². The molecule has 23 heavy (non-hydrogen) atoms. The van der Waals surface area contributed by atoms with Crippen molar-refractivity contribution in [2.75, 3.05) is 6.61 Å². The molecular formula is C18H14Cl2O3. The highest BCUT2D eigenvalue weighted by molar-refractivity contribution is 6.39. The number of rotatable bonds is 4. The molecule has 0 radical (unpaired) electrons. The summed E-state index contributed by atoms with van der Waals surface area (Å²) >= 11 is 11.9. The van der Waals surface area contributed by atoms with Gasteiger partial charge in [0.1, 0.15) is 0 Å². The zero-order valence-electron chi connectivity index (χ0n) is 12.3. The third-order valence-electron chi connectivity index (χ3n) is 3.92. The van der Waals surface area contributed by atoms with Crippen LogP contribution in [0.15, 0.2) is 36.4 Å². The lowest BCUT2D eigenvalue weighted by atomic mass is 10.0. The van der Waals surface area contributed by atoms with E-state index in [0.717, 1.165) is 19.3 Å². The van der Waals surface area contributed by atoms with Gasteiger partial charge in [-0.2, -0.15) is 0 Å². The summed E-state index contributed by atoms with van der Waals surface area (Å²) in [6, 6.07) is 10.4. The summed E-state index contributed by atoms with van der Waals surface area (Å²) in [6.07, 6.45) is 3.17. The zero-order valence-corrected chi connectivity index (χ0v) is 13.8. The van der Waals surface area contributed by atoms with Gasteiger partial charge in [0, 0.05) is 5.56 Å². The number of fused-ring (bicyclic) bond motifs is 1. The molecule has 0 saturated heterocycles. The minimum Gasteiger partial charge on any atom is -0.454 e. The van der Waals surface area contributed by atoms with Crippen molar-refractivity contribution in [1.29, 1.82) is 0 Å². The maximum absolute atomic E-state index is 12.2. The molecule has 0 aromatic heterocycles. The zero-order chi connectivity index (χ0) is 16.4. The Morgan fingerprint density at radius 1 is 1.00 bits per heavy atom. The molecule has 0 bridgehead atoms. The summed E-state index contributed by atoms with van der Waals surface area (Å²) in [5, 5.41) is 0.403. The lowest BCUT2D eigenvalue weighted by Crippen LogP contribution is -2.15. The smallest absolute Gasteiger partial charge is 0.341 e. The van der Waals surface area contributed by atoms with Crippen molar-refractivity contribution in [3.63, 3.8) is 0 Å². The first-order valence-corrected chi connectivity index (χ1v) is 8.08. The molecule has 0 aliphatic heterocycles. The maximum atomic E-state index is 12.2. The van der Waals surface area contributed by atoms with Crippen molar-refractivity contribution in [2.24, 2.45) is 0 Å². The van der Waals surface area contributed by atoms with Crippen molar-refractivity contribution in [3.8, 4) is 0 Å².